The number of esters is 1. The highest BCUT2D eigenvalue weighted by molar-refractivity contribution is 7.09. The number of thiazole rings is 1. The fraction of sp³-hybridized carbons (Fsp3) is 0.375. The van der Waals surface area contributed by atoms with Crippen molar-refractivity contribution >= 4 is 17.3 Å². The first-order valence-corrected chi connectivity index (χ1v) is 7.84. The van der Waals surface area contributed by atoms with Crippen LogP contribution in [0.25, 0.3) is 0 Å². The number of benzene rings is 1. The van der Waals surface area contributed by atoms with E-state index in [9.17, 15) is 4.79 Å². The van der Waals surface area contributed by atoms with Gasteiger partial charge in [-0.25, -0.2) is 9.78 Å². The number of methoxy groups -OCH3 is 1. The molecular weight excluding hydrogens is 302 g/mol. The summed E-state index contributed by atoms with van der Waals surface area (Å²) in [6.45, 7) is 3.95. The largest absolute Gasteiger partial charge is 0.497 e. The molecule has 1 atom stereocenters. The van der Waals surface area contributed by atoms with Crippen LogP contribution in [0.5, 0.6) is 11.5 Å². The van der Waals surface area contributed by atoms with Crippen LogP contribution in [-0.4, -0.2) is 30.8 Å². The second-order valence-electron chi connectivity index (χ2n) is 4.71. The molecule has 2 aromatic rings. The molecule has 6 heteroatoms. The second-order valence-corrected chi connectivity index (χ2v) is 5.65. The third-order valence-corrected chi connectivity index (χ3v) is 4.12. The molecule has 2 rings (SSSR count). The number of hydrogen-bond acceptors (Lipinski definition) is 6. The topological polar surface area (TPSA) is 57.7 Å². The highest BCUT2D eigenvalue weighted by Gasteiger charge is 2.16. The maximum atomic E-state index is 11.9. The van der Waals surface area contributed by atoms with Crippen molar-refractivity contribution in [1.82, 2.24) is 4.98 Å². The van der Waals surface area contributed by atoms with Crippen LogP contribution in [0.3, 0.4) is 0 Å². The number of aryl methyl sites for hydroxylation is 1. The minimum Gasteiger partial charge on any atom is -0.497 e. The van der Waals surface area contributed by atoms with E-state index in [1.165, 1.54) is 0 Å². The number of ether oxygens (including phenoxy) is 3. The maximum absolute atomic E-state index is 11.9. The van der Waals surface area contributed by atoms with Gasteiger partial charge in [0.05, 0.1) is 24.9 Å². The van der Waals surface area contributed by atoms with Gasteiger partial charge in [-0.3, -0.25) is 0 Å². The molecule has 118 valence electrons. The van der Waals surface area contributed by atoms with Crippen molar-refractivity contribution in [3.05, 3.63) is 40.3 Å². The van der Waals surface area contributed by atoms with Gasteiger partial charge >= 0.3 is 5.97 Å². The van der Waals surface area contributed by atoms with E-state index in [0.717, 1.165) is 16.3 Å². The predicted octanol–water partition coefficient (Wildman–Crippen LogP) is 3.01. The van der Waals surface area contributed by atoms with E-state index in [0.29, 0.717) is 18.8 Å². The van der Waals surface area contributed by atoms with Crippen LogP contribution < -0.4 is 9.47 Å². The summed E-state index contributed by atoms with van der Waals surface area (Å²) >= 11 is 1.57. The van der Waals surface area contributed by atoms with Crippen molar-refractivity contribution < 1.29 is 19.0 Å². The van der Waals surface area contributed by atoms with Crippen molar-refractivity contribution in [3.8, 4) is 11.5 Å². The SMILES string of the molecule is COc1ccc(OC(C)C(=O)OCCc2scnc2C)cc1. The second kappa shape index (κ2) is 7.79. The summed E-state index contributed by atoms with van der Waals surface area (Å²) in [6.07, 6.45) is 0.0215. The van der Waals surface area contributed by atoms with Crippen molar-refractivity contribution in [1.29, 1.82) is 0 Å². The zero-order chi connectivity index (χ0) is 15.9. The van der Waals surface area contributed by atoms with Crippen molar-refractivity contribution in [2.75, 3.05) is 13.7 Å². The number of aromatic nitrogens is 1. The molecule has 0 spiro atoms. The van der Waals surface area contributed by atoms with E-state index in [4.69, 9.17) is 14.2 Å². The van der Waals surface area contributed by atoms with Gasteiger partial charge in [0.2, 0.25) is 0 Å². The molecule has 1 aromatic heterocycles. The molecule has 1 aromatic carbocycles. The van der Waals surface area contributed by atoms with E-state index in [1.807, 2.05) is 6.92 Å². The van der Waals surface area contributed by atoms with Crippen molar-refractivity contribution in [2.45, 2.75) is 26.4 Å². The highest BCUT2D eigenvalue weighted by atomic mass is 32.1. The molecule has 0 amide bonds. The van der Waals surface area contributed by atoms with Gasteiger partial charge in [0.25, 0.3) is 0 Å². The highest BCUT2D eigenvalue weighted by Crippen LogP contribution is 2.18. The molecule has 0 radical (unpaired) electrons. The summed E-state index contributed by atoms with van der Waals surface area (Å²) < 4.78 is 15.9. The summed E-state index contributed by atoms with van der Waals surface area (Å²) in [6, 6.07) is 7.06. The van der Waals surface area contributed by atoms with E-state index in [-0.39, 0.29) is 5.97 Å². The Morgan fingerprint density at radius 2 is 1.95 bits per heavy atom. The van der Waals surface area contributed by atoms with E-state index >= 15 is 0 Å². The van der Waals surface area contributed by atoms with Gasteiger partial charge < -0.3 is 14.2 Å². The number of carbonyl (C=O) groups excluding carboxylic acids is 1. The average Bonchev–Trinajstić information content (AvgIpc) is 2.93. The van der Waals surface area contributed by atoms with Gasteiger partial charge in [0.15, 0.2) is 6.10 Å². The lowest BCUT2D eigenvalue weighted by Crippen LogP contribution is -2.26. The molecule has 0 fully saturated rings. The standard InChI is InChI=1S/C16H19NO4S/c1-11-15(22-10-17-11)8-9-20-16(18)12(2)21-14-6-4-13(19-3)5-7-14/h4-7,10,12H,8-9H2,1-3H3. The van der Waals surface area contributed by atoms with E-state index in [1.54, 1.807) is 55.1 Å². The lowest BCUT2D eigenvalue weighted by Gasteiger charge is -2.14. The van der Waals surface area contributed by atoms with Crippen LogP contribution >= 0.6 is 11.3 Å². The van der Waals surface area contributed by atoms with Crippen LogP contribution in [0.1, 0.15) is 17.5 Å². The quantitative estimate of drug-likeness (QED) is 0.734. The predicted molar refractivity (Wildman–Crippen MR) is 84.6 cm³/mol. The van der Waals surface area contributed by atoms with Crippen LogP contribution in [0, 0.1) is 6.92 Å². The van der Waals surface area contributed by atoms with Crippen LogP contribution in [0.4, 0.5) is 0 Å². The number of hydrogen-bond donors (Lipinski definition) is 0. The molecule has 0 aliphatic rings. The zero-order valence-electron chi connectivity index (χ0n) is 12.9. The van der Waals surface area contributed by atoms with Gasteiger partial charge in [0, 0.05) is 11.3 Å². The average molecular weight is 321 g/mol. The Morgan fingerprint density at radius 3 is 2.55 bits per heavy atom. The normalized spacial score (nSPS) is 11.8. The van der Waals surface area contributed by atoms with Crippen LogP contribution in [0.15, 0.2) is 29.8 Å². The monoisotopic (exact) mass is 321 g/mol. The summed E-state index contributed by atoms with van der Waals surface area (Å²) in [5.74, 6) is 0.962. The molecular formula is C16H19NO4S. The smallest absolute Gasteiger partial charge is 0.347 e. The minimum atomic E-state index is -0.657. The maximum Gasteiger partial charge on any atom is 0.347 e. The molecule has 0 saturated carbocycles. The Labute approximate surface area is 133 Å². The molecule has 0 N–H and O–H groups in total. The lowest BCUT2D eigenvalue weighted by molar-refractivity contribution is -0.150. The first-order chi connectivity index (χ1) is 10.6. The number of carbonyl (C=O) groups is 1. The molecule has 0 bridgehead atoms. The Balaban J connectivity index is 1.77. The molecule has 0 aliphatic carbocycles. The third kappa shape index (κ3) is 4.46. The molecule has 1 heterocycles. The Hall–Kier alpha value is -2.08. The Bertz CT molecular complexity index is 609. The fourth-order valence-corrected chi connectivity index (χ4v) is 2.60. The van der Waals surface area contributed by atoms with Gasteiger partial charge in [-0.1, -0.05) is 0 Å². The molecule has 0 aliphatic heterocycles. The minimum absolute atomic E-state index is 0.332. The van der Waals surface area contributed by atoms with Crippen LogP contribution in [-0.2, 0) is 16.0 Å². The zero-order valence-corrected chi connectivity index (χ0v) is 13.7. The first kappa shape index (κ1) is 16.3. The van der Waals surface area contributed by atoms with Gasteiger partial charge in [-0.05, 0) is 38.1 Å². The summed E-state index contributed by atoms with van der Waals surface area (Å²) in [7, 11) is 1.60. The van der Waals surface area contributed by atoms with Crippen LogP contribution in [0.2, 0.25) is 0 Å². The summed E-state index contributed by atoms with van der Waals surface area (Å²) in [5, 5.41) is 0. The first-order valence-electron chi connectivity index (χ1n) is 6.96. The van der Waals surface area contributed by atoms with E-state index < -0.39 is 6.10 Å². The number of nitrogens with zero attached hydrogens (tertiary/aromatic N) is 1. The number of rotatable bonds is 7. The van der Waals surface area contributed by atoms with Crippen molar-refractivity contribution in [3.63, 3.8) is 0 Å². The molecule has 22 heavy (non-hydrogen) atoms. The summed E-state index contributed by atoms with van der Waals surface area (Å²) in [5.41, 5.74) is 2.78. The Kier molecular flexibility index (Phi) is 5.77. The van der Waals surface area contributed by atoms with Gasteiger partial charge in [-0.15, -0.1) is 11.3 Å². The fourth-order valence-electron chi connectivity index (χ4n) is 1.83. The van der Waals surface area contributed by atoms with Gasteiger partial charge in [0.1, 0.15) is 11.5 Å². The van der Waals surface area contributed by atoms with Crippen molar-refractivity contribution in [2.24, 2.45) is 0 Å². The molecule has 0 saturated heterocycles. The van der Waals surface area contributed by atoms with E-state index in [2.05, 4.69) is 4.98 Å². The van der Waals surface area contributed by atoms with Gasteiger partial charge in [-0.2, -0.15) is 0 Å². The Morgan fingerprint density at radius 1 is 1.27 bits per heavy atom. The molecule has 1 unspecified atom stereocenters. The molecule has 5 nitrogen and oxygen atoms in total. The summed E-state index contributed by atoms with van der Waals surface area (Å²) in [4.78, 5) is 17.2. The third-order valence-electron chi connectivity index (χ3n) is 3.12. The lowest BCUT2D eigenvalue weighted by atomic mass is 10.3.